The van der Waals surface area contributed by atoms with E-state index in [0.29, 0.717) is 37.2 Å². The van der Waals surface area contributed by atoms with Crippen molar-refractivity contribution in [1.29, 1.82) is 0 Å². The van der Waals surface area contributed by atoms with Gasteiger partial charge < -0.3 is 14.7 Å². The Morgan fingerprint density at radius 2 is 2.16 bits per heavy atom. The molecule has 2 heterocycles. The van der Waals surface area contributed by atoms with Gasteiger partial charge in [-0.1, -0.05) is 19.0 Å². The molecule has 0 aromatic carbocycles. The summed E-state index contributed by atoms with van der Waals surface area (Å²) in [6.07, 6.45) is 2.99. The first-order valence-corrected chi connectivity index (χ1v) is 9.04. The Labute approximate surface area is 147 Å². The topological polar surface area (TPSA) is 91.6 Å². The molecule has 1 N–H and O–H groups in total. The molecule has 0 radical (unpaired) electrons. The summed E-state index contributed by atoms with van der Waals surface area (Å²) in [6.45, 7) is 7.17. The van der Waals surface area contributed by atoms with Crippen LogP contribution in [0.4, 0.5) is 0 Å². The lowest BCUT2D eigenvalue weighted by Crippen LogP contribution is -2.47. The van der Waals surface area contributed by atoms with Crippen LogP contribution in [0.2, 0.25) is 0 Å². The van der Waals surface area contributed by atoms with Gasteiger partial charge in [-0.2, -0.15) is 4.98 Å². The molecule has 2 amide bonds. The average Bonchev–Trinajstić information content (AvgIpc) is 3.32. The molecule has 138 valence electrons. The Hall–Kier alpha value is -1.96. The minimum atomic E-state index is -0.388. The molecular weight excluding hydrogens is 322 g/mol. The monoisotopic (exact) mass is 349 g/mol. The van der Waals surface area contributed by atoms with E-state index < -0.39 is 0 Å². The lowest BCUT2D eigenvalue weighted by atomic mass is 10.0. The van der Waals surface area contributed by atoms with Crippen LogP contribution in [-0.4, -0.2) is 64.5 Å². The predicted molar refractivity (Wildman–Crippen MR) is 90.6 cm³/mol. The molecule has 1 aromatic heterocycles. The molecule has 1 saturated carbocycles. The number of carbonyl (C=O) groups is 2. The van der Waals surface area contributed by atoms with Gasteiger partial charge in [-0.25, -0.2) is 0 Å². The fourth-order valence-corrected chi connectivity index (χ4v) is 3.28. The second-order valence-electron chi connectivity index (χ2n) is 7.38. The summed E-state index contributed by atoms with van der Waals surface area (Å²) < 4.78 is 4.99. The van der Waals surface area contributed by atoms with E-state index in [9.17, 15) is 9.59 Å². The molecule has 0 spiro atoms. The zero-order valence-electron chi connectivity index (χ0n) is 15.2. The third-order valence-electron chi connectivity index (χ3n) is 4.98. The largest absolute Gasteiger partial charge is 0.351 e. The predicted octanol–water partition coefficient (Wildman–Crippen LogP) is 0.898. The molecule has 2 fully saturated rings. The Morgan fingerprint density at radius 3 is 2.80 bits per heavy atom. The SMILES string of the molecule is CNC(=O)c1nc(CN2CCC(=O)N(CC3CC3)[C@H](C(C)C)C2)no1. The molecular formula is C17H27N5O3. The zero-order chi connectivity index (χ0) is 18.0. The van der Waals surface area contributed by atoms with E-state index in [1.165, 1.54) is 19.9 Å². The molecule has 1 aliphatic carbocycles. The summed E-state index contributed by atoms with van der Waals surface area (Å²) in [4.78, 5) is 32.6. The van der Waals surface area contributed by atoms with Crippen LogP contribution in [-0.2, 0) is 11.3 Å². The summed E-state index contributed by atoms with van der Waals surface area (Å²) in [5.41, 5.74) is 0. The molecule has 1 saturated heterocycles. The Balaban J connectivity index is 1.68. The number of amides is 2. The first-order chi connectivity index (χ1) is 12.0. The molecule has 3 rings (SSSR count). The van der Waals surface area contributed by atoms with Crippen molar-refractivity contribution in [1.82, 2.24) is 25.3 Å². The first-order valence-electron chi connectivity index (χ1n) is 9.04. The lowest BCUT2D eigenvalue weighted by Gasteiger charge is -2.34. The highest BCUT2D eigenvalue weighted by atomic mass is 16.5. The van der Waals surface area contributed by atoms with Gasteiger partial charge in [0.25, 0.3) is 0 Å². The van der Waals surface area contributed by atoms with Gasteiger partial charge in [-0.3, -0.25) is 14.5 Å². The number of rotatable bonds is 6. The van der Waals surface area contributed by atoms with Gasteiger partial charge in [0.15, 0.2) is 5.82 Å². The van der Waals surface area contributed by atoms with Gasteiger partial charge in [0.2, 0.25) is 5.91 Å². The third kappa shape index (κ3) is 4.36. The summed E-state index contributed by atoms with van der Waals surface area (Å²) in [5, 5.41) is 6.35. The van der Waals surface area contributed by atoms with Gasteiger partial charge in [0.05, 0.1) is 6.54 Å². The number of carbonyl (C=O) groups excluding carboxylic acids is 2. The molecule has 1 aliphatic heterocycles. The number of hydrogen-bond acceptors (Lipinski definition) is 6. The second-order valence-corrected chi connectivity index (χ2v) is 7.38. The minimum absolute atomic E-state index is 0.0285. The summed E-state index contributed by atoms with van der Waals surface area (Å²) in [7, 11) is 1.52. The van der Waals surface area contributed by atoms with Crippen LogP contribution in [0, 0.1) is 11.8 Å². The Kier molecular flexibility index (Phi) is 5.36. The van der Waals surface area contributed by atoms with Crippen molar-refractivity contribution in [2.75, 3.05) is 26.7 Å². The third-order valence-corrected chi connectivity index (χ3v) is 4.98. The minimum Gasteiger partial charge on any atom is -0.351 e. The lowest BCUT2D eigenvalue weighted by molar-refractivity contribution is -0.133. The van der Waals surface area contributed by atoms with Crippen LogP contribution in [0.3, 0.4) is 0 Å². The van der Waals surface area contributed by atoms with Crippen LogP contribution in [0.25, 0.3) is 0 Å². The highest BCUT2D eigenvalue weighted by Gasteiger charge is 2.35. The van der Waals surface area contributed by atoms with E-state index in [-0.39, 0.29) is 23.7 Å². The highest BCUT2D eigenvalue weighted by Crippen LogP contribution is 2.32. The molecule has 2 aliphatic rings. The van der Waals surface area contributed by atoms with Gasteiger partial charge in [0.1, 0.15) is 0 Å². The fraction of sp³-hybridized carbons (Fsp3) is 0.765. The van der Waals surface area contributed by atoms with E-state index in [2.05, 4.69) is 39.1 Å². The van der Waals surface area contributed by atoms with Crippen molar-refractivity contribution < 1.29 is 14.1 Å². The van der Waals surface area contributed by atoms with Crippen molar-refractivity contribution in [3.05, 3.63) is 11.7 Å². The molecule has 1 atom stereocenters. The van der Waals surface area contributed by atoms with Crippen LogP contribution in [0.5, 0.6) is 0 Å². The quantitative estimate of drug-likeness (QED) is 0.820. The maximum Gasteiger partial charge on any atom is 0.315 e. The van der Waals surface area contributed by atoms with Crippen LogP contribution >= 0.6 is 0 Å². The maximum atomic E-state index is 12.6. The van der Waals surface area contributed by atoms with Gasteiger partial charge in [0, 0.05) is 39.1 Å². The van der Waals surface area contributed by atoms with E-state index in [0.717, 1.165) is 13.1 Å². The summed E-state index contributed by atoms with van der Waals surface area (Å²) >= 11 is 0. The van der Waals surface area contributed by atoms with Crippen molar-refractivity contribution in [3.63, 3.8) is 0 Å². The smallest absolute Gasteiger partial charge is 0.315 e. The van der Waals surface area contributed by atoms with E-state index >= 15 is 0 Å². The van der Waals surface area contributed by atoms with Crippen molar-refractivity contribution in [2.45, 2.75) is 45.7 Å². The van der Waals surface area contributed by atoms with E-state index in [1.54, 1.807) is 0 Å². The second kappa shape index (κ2) is 7.51. The number of nitrogens with one attached hydrogen (secondary N) is 1. The molecule has 0 bridgehead atoms. The summed E-state index contributed by atoms with van der Waals surface area (Å²) in [5.74, 6) is 1.37. The fourth-order valence-electron chi connectivity index (χ4n) is 3.28. The standard InChI is InChI=1S/C17H27N5O3/c1-11(2)13-9-21(7-6-15(23)22(13)8-12-4-5-12)10-14-19-17(25-20-14)16(24)18-3/h11-13H,4-10H2,1-3H3,(H,18,24)/t13-/m0/s1. The van der Waals surface area contributed by atoms with Crippen LogP contribution in [0.1, 0.15) is 49.6 Å². The molecule has 0 unspecified atom stereocenters. The summed E-state index contributed by atoms with van der Waals surface area (Å²) in [6, 6.07) is 0.195. The number of nitrogens with zero attached hydrogens (tertiary/aromatic N) is 4. The highest BCUT2D eigenvalue weighted by molar-refractivity contribution is 5.89. The maximum absolute atomic E-state index is 12.6. The van der Waals surface area contributed by atoms with Crippen molar-refractivity contribution in [2.24, 2.45) is 11.8 Å². The van der Waals surface area contributed by atoms with E-state index in [1.807, 2.05) is 0 Å². The first kappa shape index (κ1) is 17.8. The van der Waals surface area contributed by atoms with Gasteiger partial charge >= 0.3 is 11.8 Å². The number of aromatic nitrogens is 2. The van der Waals surface area contributed by atoms with Crippen molar-refractivity contribution in [3.8, 4) is 0 Å². The Morgan fingerprint density at radius 1 is 1.40 bits per heavy atom. The van der Waals surface area contributed by atoms with Crippen LogP contribution < -0.4 is 5.32 Å². The average molecular weight is 349 g/mol. The molecule has 8 heteroatoms. The number of hydrogen-bond donors (Lipinski definition) is 1. The molecule has 8 nitrogen and oxygen atoms in total. The van der Waals surface area contributed by atoms with E-state index in [4.69, 9.17) is 4.52 Å². The molecule has 1 aromatic rings. The molecule has 25 heavy (non-hydrogen) atoms. The normalized spacial score (nSPS) is 22.3. The Bertz CT molecular complexity index is 626. The zero-order valence-corrected chi connectivity index (χ0v) is 15.2. The van der Waals surface area contributed by atoms with Gasteiger partial charge in [-0.15, -0.1) is 0 Å². The van der Waals surface area contributed by atoms with Crippen LogP contribution in [0.15, 0.2) is 4.52 Å². The van der Waals surface area contributed by atoms with Gasteiger partial charge in [-0.05, 0) is 24.7 Å². The van der Waals surface area contributed by atoms with Crippen molar-refractivity contribution >= 4 is 11.8 Å².